The van der Waals surface area contributed by atoms with Crippen LogP contribution in [0.2, 0.25) is 0 Å². The van der Waals surface area contributed by atoms with E-state index in [9.17, 15) is 9.59 Å². The zero-order valence-corrected chi connectivity index (χ0v) is 18.2. The van der Waals surface area contributed by atoms with E-state index in [2.05, 4.69) is 43.3 Å². The summed E-state index contributed by atoms with van der Waals surface area (Å²) in [4.78, 5) is 31.4. The predicted octanol–water partition coefficient (Wildman–Crippen LogP) is 3.87. The first-order chi connectivity index (χ1) is 13.7. The van der Waals surface area contributed by atoms with Gasteiger partial charge in [0.25, 0.3) is 11.8 Å². The normalized spacial score (nSPS) is 11.2. The van der Waals surface area contributed by atoms with Gasteiger partial charge in [-0.05, 0) is 43.1 Å². The van der Waals surface area contributed by atoms with Gasteiger partial charge in [0.05, 0.1) is 11.1 Å². The Kier molecular flexibility index (Phi) is 7.91. The highest BCUT2D eigenvalue weighted by atomic mass is 16.2. The number of carbonyl (C=O) groups excluding carboxylic acids is 2. The maximum absolute atomic E-state index is 13.0. The van der Waals surface area contributed by atoms with Crippen molar-refractivity contribution >= 4 is 17.5 Å². The molecule has 2 N–H and O–H groups in total. The number of nitrogens with zero attached hydrogens (tertiary/aromatic N) is 2. The van der Waals surface area contributed by atoms with Crippen LogP contribution >= 0.6 is 0 Å². The standard InChI is InChI=1S/C23H32N4O2/c1-15(2)19-8-7-9-20(16(3)4)21(19)26-23(29)18-12-17(13-24-14-18)22(28)25-10-11-27(5)6/h7-9,12-16H,10-11H2,1-6H3,(H,25,28)(H,26,29). The van der Waals surface area contributed by atoms with Crippen LogP contribution in [0.15, 0.2) is 36.7 Å². The third kappa shape index (κ3) is 6.12. The topological polar surface area (TPSA) is 74.3 Å². The molecule has 0 aliphatic heterocycles. The Bertz CT molecular complexity index is 833. The van der Waals surface area contributed by atoms with E-state index in [0.29, 0.717) is 17.7 Å². The molecule has 6 nitrogen and oxygen atoms in total. The van der Waals surface area contributed by atoms with Crippen molar-refractivity contribution in [3.63, 3.8) is 0 Å². The van der Waals surface area contributed by atoms with Crippen LogP contribution in [0.5, 0.6) is 0 Å². The molecule has 0 fully saturated rings. The molecule has 0 bridgehead atoms. The first-order valence-electron chi connectivity index (χ1n) is 10.0. The van der Waals surface area contributed by atoms with Crippen molar-refractivity contribution in [3.05, 3.63) is 58.9 Å². The van der Waals surface area contributed by atoms with E-state index in [1.54, 1.807) is 6.07 Å². The minimum atomic E-state index is -0.268. The molecule has 0 saturated heterocycles. The first kappa shape index (κ1) is 22.6. The zero-order valence-electron chi connectivity index (χ0n) is 18.2. The second-order valence-electron chi connectivity index (χ2n) is 8.10. The van der Waals surface area contributed by atoms with Gasteiger partial charge in [0, 0.05) is 31.2 Å². The zero-order chi connectivity index (χ0) is 21.6. The van der Waals surface area contributed by atoms with E-state index >= 15 is 0 Å². The lowest BCUT2D eigenvalue weighted by molar-refractivity contribution is 0.0950. The summed E-state index contributed by atoms with van der Waals surface area (Å²) in [6, 6.07) is 7.69. The number of pyridine rings is 1. The highest BCUT2D eigenvalue weighted by Gasteiger charge is 2.18. The number of likely N-dealkylation sites (N-methyl/N-ethyl adjacent to an activating group) is 1. The molecular weight excluding hydrogens is 364 g/mol. The highest BCUT2D eigenvalue weighted by molar-refractivity contribution is 6.06. The van der Waals surface area contributed by atoms with Crippen LogP contribution in [0.4, 0.5) is 5.69 Å². The molecule has 156 valence electrons. The van der Waals surface area contributed by atoms with E-state index in [-0.39, 0.29) is 23.7 Å². The Morgan fingerprint density at radius 3 is 2.03 bits per heavy atom. The first-order valence-corrected chi connectivity index (χ1v) is 10.0. The summed E-state index contributed by atoms with van der Waals surface area (Å²) in [6.07, 6.45) is 2.96. The minimum absolute atomic E-state index is 0.237. The Morgan fingerprint density at radius 2 is 1.52 bits per heavy atom. The summed E-state index contributed by atoms with van der Waals surface area (Å²) in [5.41, 5.74) is 3.77. The van der Waals surface area contributed by atoms with E-state index in [0.717, 1.165) is 23.4 Å². The van der Waals surface area contributed by atoms with E-state index in [1.165, 1.54) is 12.4 Å². The summed E-state index contributed by atoms with van der Waals surface area (Å²) in [5, 5.41) is 5.91. The SMILES string of the molecule is CC(C)c1cccc(C(C)C)c1NC(=O)c1cncc(C(=O)NCCN(C)C)c1. The molecule has 1 aromatic carbocycles. The van der Waals surface area contributed by atoms with Crippen LogP contribution in [0.1, 0.15) is 71.4 Å². The second-order valence-corrected chi connectivity index (χ2v) is 8.10. The third-order valence-electron chi connectivity index (χ3n) is 4.72. The second kappa shape index (κ2) is 10.2. The number of anilines is 1. The number of hydrogen-bond donors (Lipinski definition) is 2. The summed E-state index contributed by atoms with van der Waals surface area (Å²) < 4.78 is 0. The molecule has 29 heavy (non-hydrogen) atoms. The van der Waals surface area contributed by atoms with E-state index in [4.69, 9.17) is 0 Å². The molecule has 2 aromatic rings. The number of nitrogens with one attached hydrogen (secondary N) is 2. The maximum atomic E-state index is 13.0. The van der Waals surface area contributed by atoms with Gasteiger partial charge in [0.2, 0.25) is 0 Å². The molecule has 0 spiro atoms. The van der Waals surface area contributed by atoms with Gasteiger partial charge in [0.15, 0.2) is 0 Å². The minimum Gasteiger partial charge on any atom is -0.351 e. The molecule has 2 amide bonds. The Hall–Kier alpha value is -2.73. The lowest BCUT2D eigenvalue weighted by Gasteiger charge is -2.20. The van der Waals surface area contributed by atoms with Crippen molar-refractivity contribution in [2.75, 3.05) is 32.5 Å². The van der Waals surface area contributed by atoms with Gasteiger partial charge in [-0.1, -0.05) is 45.9 Å². The molecule has 0 aliphatic carbocycles. The number of rotatable bonds is 8. The number of benzene rings is 1. The van der Waals surface area contributed by atoms with Crippen molar-refractivity contribution < 1.29 is 9.59 Å². The molecule has 1 aromatic heterocycles. The highest BCUT2D eigenvalue weighted by Crippen LogP contribution is 2.32. The average Bonchev–Trinajstić information content (AvgIpc) is 2.67. The molecule has 0 unspecified atom stereocenters. The van der Waals surface area contributed by atoms with Crippen LogP contribution in [0, 0.1) is 0 Å². The predicted molar refractivity (Wildman–Crippen MR) is 118 cm³/mol. The van der Waals surface area contributed by atoms with Crippen molar-refractivity contribution in [2.24, 2.45) is 0 Å². The molecule has 2 rings (SSSR count). The van der Waals surface area contributed by atoms with Crippen molar-refractivity contribution in [1.82, 2.24) is 15.2 Å². The van der Waals surface area contributed by atoms with E-state index < -0.39 is 0 Å². The number of aromatic nitrogens is 1. The summed E-state index contributed by atoms with van der Waals surface area (Å²) in [5.74, 6) is 0.0433. The van der Waals surface area contributed by atoms with Crippen LogP contribution in [0.25, 0.3) is 0 Å². The fraction of sp³-hybridized carbons (Fsp3) is 0.435. The van der Waals surface area contributed by atoms with Gasteiger partial charge < -0.3 is 15.5 Å². The van der Waals surface area contributed by atoms with Crippen molar-refractivity contribution in [1.29, 1.82) is 0 Å². The largest absolute Gasteiger partial charge is 0.351 e. The third-order valence-corrected chi connectivity index (χ3v) is 4.72. The fourth-order valence-corrected chi connectivity index (χ4v) is 3.06. The summed E-state index contributed by atoms with van der Waals surface area (Å²) >= 11 is 0. The van der Waals surface area contributed by atoms with Gasteiger partial charge in [-0.25, -0.2) is 0 Å². The lowest BCUT2D eigenvalue weighted by atomic mass is 9.92. The monoisotopic (exact) mass is 396 g/mol. The van der Waals surface area contributed by atoms with Gasteiger partial charge in [-0.2, -0.15) is 0 Å². The molecule has 0 saturated carbocycles. The summed E-state index contributed by atoms with van der Waals surface area (Å²) in [6.45, 7) is 9.69. The smallest absolute Gasteiger partial charge is 0.257 e. The van der Waals surface area contributed by atoms with Crippen molar-refractivity contribution in [2.45, 2.75) is 39.5 Å². The van der Waals surface area contributed by atoms with Crippen LogP contribution in [0.3, 0.4) is 0 Å². The Morgan fingerprint density at radius 1 is 0.966 bits per heavy atom. The van der Waals surface area contributed by atoms with Crippen LogP contribution < -0.4 is 10.6 Å². The molecule has 0 radical (unpaired) electrons. The Balaban J connectivity index is 2.23. The number of hydrogen-bond acceptors (Lipinski definition) is 4. The van der Waals surface area contributed by atoms with Crippen LogP contribution in [-0.4, -0.2) is 48.9 Å². The Labute approximate surface area is 173 Å². The molecule has 0 aliphatic rings. The van der Waals surface area contributed by atoms with Crippen molar-refractivity contribution in [3.8, 4) is 0 Å². The quantitative estimate of drug-likeness (QED) is 0.710. The maximum Gasteiger partial charge on any atom is 0.257 e. The summed E-state index contributed by atoms with van der Waals surface area (Å²) in [7, 11) is 3.89. The fourth-order valence-electron chi connectivity index (χ4n) is 3.06. The lowest BCUT2D eigenvalue weighted by Crippen LogP contribution is -2.31. The van der Waals surface area contributed by atoms with Crippen LogP contribution in [-0.2, 0) is 0 Å². The molecule has 0 atom stereocenters. The molecular formula is C23H32N4O2. The number of carbonyl (C=O) groups is 2. The number of amides is 2. The van der Waals surface area contributed by atoms with Gasteiger partial charge in [-0.3, -0.25) is 14.6 Å². The number of para-hydroxylation sites is 1. The van der Waals surface area contributed by atoms with Gasteiger partial charge >= 0.3 is 0 Å². The molecule has 1 heterocycles. The van der Waals surface area contributed by atoms with Gasteiger partial charge in [-0.15, -0.1) is 0 Å². The van der Waals surface area contributed by atoms with Gasteiger partial charge in [0.1, 0.15) is 0 Å². The van der Waals surface area contributed by atoms with E-state index in [1.807, 2.05) is 37.2 Å². The average molecular weight is 397 g/mol. The molecule has 6 heteroatoms.